The van der Waals surface area contributed by atoms with Crippen molar-refractivity contribution >= 4 is 21.0 Å². The van der Waals surface area contributed by atoms with Gasteiger partial charge in [-0.15, -0.1) is 0 Å². The van der Waals surface area contributed by atoms with Gasteiger partial charge in [-0.05, 0) is 35.7 Å². The second kappa shape index (κ2) is 14.2. The van der Waals surface area contributed by atoms with Crippen LogP contribution >= 0.6 is 0 Å². The lowest BCUT2D eigenvalue weighted by atomic mass is 9.87. The fourth-order valence-electron chi connectivity index (χ4n) is 4.07. The molecule has 0 atom stereocenters. The highest BCUT2D eigenvalue weighted by molar-refractivity contribution is 7.97. The molecule has 0 fully saturated rings. The number of halogens is 17. The molecule has 0 aromatic heterocycles. The summed E-state index contributed by atoms with van der Waals surface area (Å²) in [6, 6.07) is 30.6. The molecule has 0 radical (unpaired) electrons. The normalized spacial score (nSPS) is 14.6. The molecule has 0 unspecified atom stereocenters. The van der Waals surface area contributed by atoms with E-state index in [0.29, 0.717) is 0 Å². The molecule has 3 nitrogen and oxygen atoms in total. The first-order chi connectivity index (χ1) is 23.1. The molecule has 0 spiro atoms. The van der Waals surface area contributed by atoms with Gasteiger partial charge in [0.2, 0.25) is 0 Å². The van der Waals surface area contributed by atoms with E-state index >= 15 is 0 Å². The van der Waals surface area contributed by atoms with Crippen LogP contribution < -0.4 is 0 Å². The van der Waals surface area contributed by atoms with E-state index in [1.807, 2.05) is 0 Å². The van der Waals surface area contributed by atoms with Gasteiger partial charge < -0.3 is 4.55 Å². The van der Waals surface area contributed by atoms with Crippen molar-refractivity contribution in [2.45, 2.75) is 87.8 Å². The van der Waals surface area contributed by atoms with E-state index in [4.69, 9.17) is 0 Å². The second-order valence-corrected chi connectivity index (χ2v) is 15.0. The minimum absolute atomic E-state index is 0.0727. The summed E-state index contributed by atoms with van der Waals surface area (Å²) in [6.07, 6.45) is -7.89. The third-order valence-electron chi connectivity index (χ3n) is 6.88. The van der Waals surface area contributed by atoms with E-state index < -0.39 is 57.1 Å². The van der Waals surface area contributed by atoms with Crippen LogP contribution in [-0.4, -0.2) is 59.9 Å². The molecule has 0 bridgehead atoms. The van der Waals surface area contributed by atoms with Crippen molar-refractivity contribution in [3.8, 4) is 0 Å². The second-order valence-electron chi connectivity index (χ2n) is 11.6. The monoisotopic (exact) mass is 818 g/mol. The van der Waals surface area contributed by atoms with E-state index in [2.05, 4.69) is 106 Å². The summed E-state index contributed by atoms with van der Waals surface area (Å²) in [5.74, 6) is -52.1. The first-order valence-corrected chi connectivity index (χ1v) is 16.3. The average molecular weight is 819 g/mol. The van der Waals surface area contributed by atoms with Crippen LogP contribution in [0.3, 0.4) is 0 Å². The SMILES string of the molecule is CC(C)(C)c1ccccc1[S+](c1ccccc1)c1ccccc1.O=S(=O)([O-])C(F)(F)C(F)(F)C(F)(F)C(F)(F)C(F)(F)C(F)(F)C(F)(F)C(F)(F)F. The molecule has 3 rings (SSSR count). The Morgan fingerprint density at radius 3 is 1.10 bits per heavy atom. The largest absolute Gasteiger partial charge is 0.743 e. The van der Waals surface area contributed by atoms with Crippen molar-refractivity contribution in [3.05, 3.63) is 90.5 Å². The van der Waals surface area contributed by atoms with Gasteiger partial charge in [0.15, 0.2) is 24.8 Å². The van der Waals surface area contributed by atoms with Gasteiger partial charge in [-0.1, -0.05) is 75.4 Å². The van der Waals surface area contributed by atoms with Gasteiger partial charge in [-0.25, -0.2) is 8.42 Å². The van der Waals surface area contributed by atoms with Crippen LogP contribution in [0.4, 0.5) is 74.6 Å². The van der Waals surface area contributed by atoms with Crippen LogP contribution in [0, 0.1) is 0 Å². The van der Waals surface area contributed by atoms with Crippen molar-refractivity contribution in [1.29, 1.82) is 0 Å². The average Bonchev–Trinajstić information content (AvgIpc) is 3.00. The summed E-state index contributed by atoms with van der Waals surface area (Å²) in [7, 11) is -8.22. The molecule has 52 heavy (non-hydrogen) atoms. The van der Waals surface area contributed by atoms with Crippen molar-refractivity contribution in [1.82, 2.24) is 0 Å². The molecule has 0 amide bonds. The van der Waals surface area contributed by atoms with Gasteiger partial charge in [0.05, 0.1) is 10.9 Å². The molecular weight excluding hydrogens is 795 g/mol. The Morgan fingerprint density at radius 2 is 0.769 bits per heavy atom. The Bertz CT molecular complexity index is 1730. The lowest BCUT2D eigenvalue weighted by molar-refractivity contribution is -0.458. The van der Waals surface area contributed by atoms with Crippen LogP contribution in [0.15, 0.2) is 99.6 Å². The zero-order valence-electron chi connectivity index (χ0n) is 26.0. The highest BCUT2D eigenvalue weighted by Crippen LogP contribution is 2.64. The molecule has 0 aliphatic carbocycles. The zero-order chi connectivity index (χ0) is 40.8. The molecule has 22 heteroatoms. The topological polar surface area (TPSA) is 57.2 Å². The highest BCUT2D eigenvalue weighted by atomic mass is 32.2. The number of alkyl halides is 17. The minimum Gasteiger partial charge on any atom is -0.743 e. The van der Waals surface area contributed by atoms with Crippen molar-refractivity contribution in [2.75, 3.05) is 0 Å². The van der Waals surface area contributed by atoms with Gasteiger partial charge in [-0.3, -0.25) is 0 Å². The lowest BCUT2D eigenvalue weighted by Gasteiger charge is -2.42. The Kier molecular flexibility index (Phi) is 12.2. The van der Waals surface area contributed by atoms with Crippen molar-refractivity contribution in [3.63, 3.8) is 0 Å². The van der Waals surface area contributed by atoms with Gasteiger partial charge >= 0.3 is 47.0 Å². The summed E-state index contributed by atoms with van der Waals surface area (Å²) >= 11 is 0. The third-order valence-corrected chi connectivity index (χ3v) is 10.0. The van der Waals surface area contributed by atoms with E-state index in [0.717, 1.165) is 0 Å². The maximum Gasteiger partial charge on any atom is 0.460 e. The Labute approximate surface area is 286 Å². The quantitative estimate of drug-likeness (QED) is 0.116. The Morgan fingerprint density at radius 1 is 0.462 bits per heavy atom. The van der Waals surface area contributed by atoms with Gasteiger partial charge in [0.25, 0.3) is 0 Å². The molecule has 0 N–H and O–H groups in total. The molecule has 292 valence electrons. The molecule has 0 aliphatic heterocycles. The summed E-state index contributed by atoms with van der Waals surface area (Å²) < 4.78 is 244. The molecule has 0 saturated carbocycles. The van der Waals surface area contributed by atoms with Crippen molar-refractivity contribution in [2.24, 2.45) is 0 Å². The molecule has 3 aromatic rings. The summed E-state index contributed by atoms with van der Waals surface area (Å²) in [6.45, 7) is 6.88. The van der Waals surface area contributed by atoms with E-state index in [-0.39, 0.29) is 16.3 Å². The van der Waals surface area contributed by atoms with Gasteiger partial charge in [-0.2, -0.15) is 74.6 Å². The predicted molar refractivity (Wildman–Crippen MR) is 151 cm³/mol. The Balaban J connectivity index is 0.000000367. The minimum atomic E-state index is -8.92. The number of benzene rings is 3. The fraction of sp³-hybridized carbons (Fsp3) is 0.400. The predicted octanol–water partition coefficient (Wildman–Crippen LogP) is 10.6. The smallest absolute Gasteiger partial charge is 0.460 e. The lowest BCUT2D eigenvalue weighted by Crippen LogP contribution is -2.75. The standard InChI is InChI=1S/C22H23S.C8HF17O3S/c1-22(2,3)20-16-10-11-17-21(20)23(18-12-6-4-7-13-18)19-14-8-5-9-15-19;9-1(10,3(13,14)5(17,18)7(21,22)23)2(11,12)4(15,16)6(19,20)8(24,25)29(26,27)28/h4-17H,1-3H3;(H,26,27,28)/q+1;/p-1. The molecular formula is C30H23F17O3S2. The zero-order valence-corrected chi connectivity index (χ0v) is 27.7. The molecule has 0 saturated heterocycles. The number of hydrogen-bond donors (Lipinski definition) is 0. The van der Waals surface area contributed by atoms with Crippen LogP contribution in [0.2, 0.25) is 0 Å². The summed E-state index contributed by atoms with van der Waals surface area (Å²) in [5, 5.41) is -7.95. The number of rotatable bonds is 10. The summed E-state index contributed by atoms with van der Waals surface area (Å²) in [4.78, 5) is 4.17. The summed E-state index contributed by atoms with van der Waals surface area (Å²) in [5.41, 5.74) is 1.56. The fourth-order valence-corrected chi connectivity index (χ4v) is 6.96. The van der Waals surface area contributed by atoms with Crippen LogP contribution in [0.5, 0.6) is 0 Å². The van der Waals surface area contributed by atoms with Crippen LogP contribution in [0.1, 0.15) is 26.3 Å². The van der Waals surface area contributed by atoms with Crippen LogP contribution in [0.25, 0.3) is 0 Å². The molecule has 0 heterocycles. The van der Waals surface area contributed by atoms with Crippen molar-refractivity contribution < 1.29 is 87.6 Å². The first kappa shape index (κ1) is 44.9. The van der Waals surface area contributed by atoms with Crippen LogP contribution in [-0.2, 0) is 26.4 Å². The first-order valence-electron chi connectivity index (χ1n) is 13.7. The maximum absolute atomic E-state index is 13.0. The van der Waals surface area contributed by atoms with E-state index in [1.54, 1.807) is 0 Å². The van der Waals surface area contributed by atoms with E-state index in [9.17, 15) is 87.6 Å². The van der Waals surface area contributed by atoms with E-state index in [1.165, 1.54) is 20.2 Å². The maximum atomic E-state index is 13.0. The third kappa shape index (κ3) is 7.56. The highest BCUT2D eigenvalue weighted by Gasteiger charge is 2.95. The van der Waals surface area contributed by atoms with Gasteiger partial charge in [0, 0.05) is 5.56 Å². The number of hydrogen-bond acceptors (Lipinski definition) is 3. The van der Waals surface area contributed by atoms with Gasteiger partial charge in [0.1, 0.15) is 0 Å². The Hall–Kier alpha value is -3.27. The molecule has 0 aliphatic rings. The molecule has 3 aromatic carbocycles.